The Morgan fingerprint density at radius 2 is 1.80 bits per heavy atom. The maximum atomic E-state index is 11.3. The van der Waals surface area contributed by atoms with Gasteiger partial charge in [-0.3, -0.25) is 9.59 Å². The Labute approximate surface area is 92.0 Å². The summed E-state index contributed by atoms with van der Waals surface area (Å²) >= 11 is 0. The second-order valence-electron chi connectivity index (χ2n) is 4.32. The molecule has 0 saturated heterocycles. The summed E-state index contributed by atoms with van der Waals surface area (Å²) in [5.74, 6) is 0.619. The summed E-state index contributed by atoms with van der Waals surface area (Å²) in [7, 11) is 3.42. The third-order valence-corrected chi connectivity index (χ3v) is 2.11. The number of nitrogens with one attached hydrogen (secondary N) is 1. The maximum absolute atomic E-state index is 11.3. The highest BCUT2D eigenvalue weighted by molar-refractivity contribution is 5.78. The van der Waals surface area contributed by atoms with E-state index in [1.807, 2.05) is 0 Å². The SMILES string of the molecule is CC(C)CCC(=O)NCCC(=O)N(C)C. The molecule has 0 atom stereocenters. The van der Waals surface area contributed by atoms with E-state index in [9.17, 15) is 9.59 Å². The second kappa shape index (κ2) is 7.26. The van der Waals surface area contributed by atoms with Crippen molar-refractivity contribution >= 4 is 11.8 Å². The average molecular weight is 214 g/mol. The first kappa shape index (κ1) is 13.9. The van der Waals surface area contributed by atoms with E-state index in [0.717, 1.165) is 6.42 Å². The molecule has 4 heteroatoms. The fraction of sp³-hybridized carbons (Fsp3) is 0.818. The van der Waals surface area contributed by atoms with Crippen LogP contribution in [0.3, 0.4) is 0 Å². The third kappa shape index (κ3) is 7.97. The molecule has 0 saturated carbocycles. The fourth-order valence-corrected chi connectivity index (χ4v) is 1.04. The van der Waals surface area contributed by atoms with Crippen LogP contribution in [0.15, 0.2) is 0 Å². The fourth-order valence-electron chi connectivity index (χ4n) is 1.04. The molecule has 0 rings (SSSR count). The van der Waals surface area contributed by atoms with E-state index in [1.165, 1.54) is 4.90 Å². The summed E-state index contributed by atoms with van der Waals surface area (Å²) in [4.78, 5) is 24.0. The van der Waals surface area contributed by atoms with Crippen LogP contribution in [0.1, 0.15) is 33.1 Å². The van der Waals surface area contributed by atoms with Crippen molar-refractivity contribution < 1.29 is 9.59 Å². The smallest absolute Gasteiger partial charge is 0.223 e. The summed E-state index contributed by atoms with van der Waals surface area (Å²) in [5, 5.41) is 2.74. The Balaban J connectivity index is 3.51. The Bertz CT molecular complexity index is 213. The first-order valence-electron chi connectivity index (χ1n) is 5.40. The van der Waals surface area contributed by atoms with Gasteiger partial charge in [-0.1, -0.05) is 13.8 Å². The van der Waals surface area contributed by atoms with Crippen molar-refractivity contribution in [3.05, 3.63) is 0 Å². The van der Waals surface area contributed by atoms with Crippen LogP contribution in [0, 0.1) is 5.92 Å². The van der Waals surface area contributed by atoms with Gasteiger partial charge in [-0.2, -0.15) is 0 Å². The van der Waals surface area contributed by atoms with Crippen molar-refractivity contribution in [1.29, 1.82) is 0 Å². The van der Waals surface area contributed by atoms with Crippen LogP contribution in [0.25, 0.3) is 0 Å². The van der Waals surface area contributed by atoms with Gasteiger partial charge in [0.25, 0.3) is 0 Å². The summed E-state index contributed by atoms with van der Waals surface area (Å²) in [6, 6.07) is 0. The van der Waals surface area contributed by atoms with Gasteiger partial charge in [-0.15, -0.1) is 0 Å². The van der Waals surface area contributed by atoms with Crippen molar-refractivity contribution in [2.75, 3.05) is 20.6 Å². The summed E-state index contributed by atoms with van der Waals surface area (Å²) in [5.41, 5.74) is 0. The quantitative estimate of drug-likeness (QED) is 0.717. The Hall–Kier alpha value is -1.06. The van der Waals surface area contributed by atoms with E-state index in [0.29, 0.717) is 25.3 Å². The minimum atomic E-state index is 0.0373. The predicted molar refractivity (Wildman–Crippen MR) is 60.4 cm³/mol. The first-order chi connectivity index (χ1) is 6.93. The van der Waals surface area contributed by atoms with Crippen molar-refractivity contribution in [1.82, 2.24) is 10.2 Å². The Morgan fingerprint density at radius 1 is 1.20 bits per heavy atom. The molecular weight excluding hydrogens is 192 g/mol. The van der Waals surface area contributed by atoms with Crippen molar-refractivity contribution in [3.8, 4) is 0 Å². The third-order valence-electron chi connectivity index (χ3n) is 2.11. The van der Waals surface area contributed by atoms with E-state index in [2.05, 4.69) is 19.2 Å². The topological polar surface area (TPSA) is 49.4 Å². The normalized spacial score (nSPS) is 10.2. The lowest BCUT2D eigenvalue weighted by molar-refractivity contribution is -0.128. The van der Waals surface area contributed by atoms with Gasteiger partial charge in [0.1, 0.15) is 0 Å². The van der Waals surface area contributed by atoms with E-state index < -0.39 is 0 Å². The average Bonchev–Trinajstić information content (AvgIpc) is 2.14. The lowest BCUT2D eigenvalue weighted by Crippen LogP contribution is -2.30. The molecule has 0 fully saturated rings. The van der Waals surface area contributed by atoms with Gasteiger partial charge in [0.2, 0.25) is 11.8 Å². The van der Waals surface area contributed by atoms with Crippen molar-refractivity contribution in [2.45, 2.75) is 33.1 Å². The second-order valence-corrected chi connectivity index (χ2v) is 4.32. The minimum Gasteiger partial charge on any atom is -0.356 e. The molecule has 4 nitrogen and oxygen atoms in total. The number of nitrogens with zero attached hydrogens (tertiary/aromatic N) is 1. The maximum Gasteiger partial charge on any atom is 0.223 e. The molecule has 88 valence electrons. The van der Waals surface area contributed by atoms with Crippen molar-refractivity contribution in [2.24, 2.45) is 5.92 Å². The molecular formula is C11H22N2O2. The molecule has 0 unspecified atom stereocenters. The molecule has 0 bridgehead atoms. The van der Waals surface area contributed by atoms with Crippen LogP contribution in [0.5, 0.6) is 0 Å². The van der Waals surface area contributed by atoms with Gasteiger partial charge in [-0.25, -0.2) is 0 Å². The highest BCUT2D eigenvalue weighted by atomic mass is 16.2. The van der Waals surface area contributed by atoms with Crippen LogP contribution in [-0.4, -0.2) is 37.4 Å². The zero-order valence-corrected chi connectivity index (χ0v) is 10.2. The molecule has 0 spiro atoms. The number of rotatable bonds is 6. The molecule has 0 aliphatic rings. The Morgan fingerprint density at radius 3 is 2.27 bits per heavy atom. The summed E-state index contributed by atoms with van der Waals surface area (Å²) in [6.07, 6.45) is 1.82. The molecule has 15 heavy (non-hydrogen) atoms. The summed E-state index contributed by atoms with van der Waals surface area (Å²) < 4.78 is 0. The molecule has 0 aliphatic carbocycles. The minimum absolute atomic E-state index is 0.0373. The van der Waals surface area contributed by atoms with Gasteiger partial charge in [-0.05, 0) is 12.3 Å². The zero-order chi connectivity index (χ0) is 11.8. The molecule has 2 amide bonds. The molecule has 1 N–H and O–H groups in total. The van der Waals surface area contributed by atoms with Gasteiger partial charge >= 0.3 is 0 Å². The van der Waals surface area contributed by atoms with Gasteiger partial charge in [0, 0.05) is 33.5 Å². The van der Waals surface area contributed by atoms with Crippen LogP contribution in [0.2, 0.25) is 0 Å². The van der Waals surface area contributed by atoms with Crippen molar-refractivity contribution in [3.63, 3.8) is 0 Å². The van der Waals surface area contributed by atoms with Gasteiger partial charge < -0.3 is 10.2 Å². The lowest BCUT2D eigenvalue weighted by atomic mass is 10.1. The van der Waals surface area contributed by atoms with Gasteiger partial charge in [0.05, 0.1) is 0 Å². The number of carbonyl (C=O) groups excluding carboxylic acids is 2. The monoisotopic (exact) mass is 214 g/mol. The van der Waals surface area contributed by atoms with Crippen LogP contribution < -0.4 is 5.32 Å². The molecule has 0 aliphatic heterocycles. The van der Waals surface area contributed by atoms with Crippen LogP contribution in [0.4, 0.5) is 0 Å². The van der Waals surface area contributed by atoms with Crippen LogP contribution in [-0.2, 0) is 9.59 Å². The molecule has 0 aromatic heterocycles. The largest absolute Gasteiger partial charge is 0.356 e. The van der Waals surface area contributed by atoms with E-state index in [4.69, 9.17) is 0 Å². The van der Waals surface area contributed by atoms with Crippen LogP contribution >= 0.6 is 0 Å². The Kier molecular flexibility index (Phi) is 6.75. The number of amides is 2. The highest BCUT2D eigenvalue weighted by Gasteiger charge is 2.06. The molecule has 0 heterocycles. The lowest BCUT2D eigenvalue weighted by Gasteiger charge is -2.10. The number of hydrogen-bond donors (Lipinski definition) is 1. The number of hydrogen-bond acceptors (Lipinski definition) is 2. The first-order valence-corrected chi connectivity index (χ1v) is 5.40. The highest BCUT2D eigenvalue weighted by Crippen LogP contribution is 2.02. The van der Waals surface area contributed by atoms with E-state index in [1.54, 1.807) is 14.1 Å². The molecule has 0 aromatic carbocycles. The predicted octanol–water partition coefficient (Wildman–Crippen LogP) is 1.02. The van der Waals surface area contributed by atoms with Gasteiger partial charge in [0.15, 0.2) is 0 Å². The molecule has 0 aromatic rings. The summed E-state index contributed by atoms with van der Waals surface area (Å²) in [6.45, 7) is 4.61. The van der Waals surface area contributed by atoms with E-state index in [-0.39, 0.29) is 11.8 Å². The van der Waals surface area contributed by atoms with E-state index >= 15 is 0 Å². The zero-order valence-electron chi connectivity index (χ0n) is 10.2. The molecule has 0 radical (unpaired) electrons. The number of carbonyl (C=O) groups is 2. The standard InChI is InChI=1S/C11H22N2O2/c1-9(2)5-6-10(14)12-8-7-11(15)13(3)4/h9H,5-8H2,1-4H3,(H,12,14).